The lowest BCUT2D eigenvalue weighted by molar-refractivity contribution is 0.315. The Hall–Kier alpha value is -1.66. The molecule has 6 nitrogen and oxygen atoms in total. The first-order chi connectivity index (χ1) is 10.3. The second-order valence-corrected chi connectivity index (χ2v) is 5.83. The monoisotopic (exact) mass is 344 g/mol. The van der Waals surface area contributed by atoms with E-state index in [1.807, 2.05) is 0 Å². The van der Waals surface area contributed by atoms with E-state index in [-0.39, 0.29) is 11.9 Å². The normalized spacial score (nSPS) is 13.2. The van der Waals surface area contributed by atoms with E-state index < -0.39 is 5.66 Å². The quantitative estimate of drug-likeness (QED) is 0.197. The molecule has 0 fully saturated rings. The number of unbranched alkanes of at least 4 members (excludes halogenated alkanes) is 2. The molecule has 1 aromatic carbocycles. The van der Waals surface area contributed by atoms with E-state index in [9.17, 15) is 0 Å². The molecule has 0 saturated carbocycles. The Morgan fingerprint density at radius 2 is 1.73 bits per heavy atom. The molecule has 0 amide bonds. The molecule has 0 spiro atoms. The number of guanidine groups is 2. The third-order valence-corrected chi connectivity index (χ3v) is 4.08. The van der Waals surface area contributed by atoms with Gasteiger partial charge >= 0.3 is 0 Å². The van der Waals surface area contributed by atoms with Gasteiger partial charge in [0.05, 0.1) is 10.0 Å². The second kappa shape index (κ2) is 8.10. The fraction of sp³-hybridized carbons (Fsp3) is 0.429. The van der Waals surface area contributed by atoms with Crippen molar-refractivity contribution in [3.05, 3.63) is 33.8 Å². The summed E-state index contributed by atoms with van der Waals surface area (Å²) in [6.07, 6.45) is 3.39. The molecular weight excluding hydrogens is 323 g/mol. The molecule has 0 atom stereocenters. The summed E-state index contributed by atoms with van der Waals surface area (Å²) in [4.78, 5) is 0. The van der Waals surface area contributed by atoms with Crippen molar-refractivity contribution in [2.24, 2.45) is 11.5 Å². The first-order valence-corrected chi connectivity index (χ1v) is 7.77. The zero-order valence-electron chi connectivity index (χ0n) is 12.5. The van der Waals surface area contributed by atoms with Crippen LogP contribution in [0.1, 0.15) is 38.2 Å². The molecule has 0 aliphatic heterocycles. The van der Waals surface area contributed by atoms with E-state index in [0.717, 1.165) is 19.3 Å². The highest BCUT2D eigenvalue weighted by Crippen LogP contribution is 2.35. The van der Waals surface area contributed by atoms with Gasteiger partial charge in [0.1, 0.15) is 5.66 Å². The van der Waals surface area contributed by atoms with Crippen LogP contribution in [0.2, 0.25) is 10.0 Å². The molecule has 0 radical (unpaired) electrons. The predicted octanol–water partition coefficient (Wildman–Crippen LogP) is 2.69. The SMILES string of the molecule is CCCCCC(NC(=N)N)(NC(=N)N)c1cccc(Cl)c1Cl. The van der Waals surface area contributed by atoms with Crippen molar-refractivity contribution in [3.63, 3.8) is 0 Å². The van der Waals surface area contributed by atoms with Gasteiger partial charge in [-0.1, -0.05) is 55.1 Å². The number of hydrogen-bond donors (Lipinski definition) is 6. The van der Waals surface area contributed by atoms with Gasteiger partial charge in [-0.15, -0.1) is 0 Å². The first-order valence-electron chi connectivity index (χ1n) is 7.01. The largest absolute Gasteiger partial charge is 0.370 e. The maximum absolute atomic E-state index is 7.59. The van der Waals surface area contributed by atoms with Crippen LogP contribution in [0.5, 0.6) is 0 Å². The summed E-state index contributed by atoms with van der Waals surface area (Å²) in [7, 11) is 0. The van der Waals surface area contributed by atoms with Crippen LogP contribution in [0, 0.1) is 10.8 Å². The summed E-state index contributed by atoms with van der Waals surface area (Å²) in [6.45, 7) is 2.09. The number of hydrogen-bond acceptors (Lipinski definition) is 2. The maximum atomic E-state index is 7.59. The first kappa shape index (κ1) is 18.4. The van der Waals surface area contributed by atoms with Crippen molar-refractivity contribution >= 4 is 35.1 Å². The van der Waals surface area contributed by atoms with Crippen molar-refractivity contribution in [1.82, 2.24) is 10.6 Å². The molecule has 122 valence electrons. The van der Waals surface area contributed by atoms with E-state index >= 15 is 0 Å². The Morgan fingerprint density at radius 3 is 2.23 bits per heavy atom. The zero-order chi connectivity index (χ0) is 16.8. The molecule has 0 aliphatic rings. The van der Waals surface area contributed by atoms with Crippen LogP contribution < -0.4 is 22.1 Å². The van der Waals surface area contributed by atoms with E-state index in [1.165, 1.54) is 0 Å². The molecule has 0 heterocycles. The molecule has 8 N–H and O–H groups in total. The summed E-state index contributed by atoms with van der Waals surface area (Å²) in [5, 5.41) is 21.6. The van der Waals surface area contributed by atoms with Crippen LogP contribution >= 0.6 is 23.2 Å². The third-order valence-electron chi connectivity index (χ3n) is 3.26. The maximum Gasteiger partial charge on any atom is 0.187 e. The smallest absolute Gasteiger partial charge is 0.187 e. The fourth-order valence-electron chi connectivity index (χ4n) is 2.36. The topological polar surface area (TPSA) is 124 Å². The van der Waals surface area contributed by atoms with E-state index in [1.54, 1.807) is 18.2 Å². The number of nitrogens with one attached hydrogen (secondary N) is 4. The van der Waals surface area contributed by atoms with Gasteiger partial charge in [0, 0.05) is 5.56 Å². The van der Waals surface area contributed by atoms with Crippen molar-refractivity contribution in [3.8, 4) is 0 Å². The molecular formula is C14H22Cl2N6. The Kier molecular flexibility index (Phi) is 6.77. The van der Waals surface area contributed by atoms with Crippen LogP contribution in [-0.4, -0.2) is 11.9 Å². The lowest BCUT2D eigenvalue weighted by atomic mass is 9.92. The van der Waals surface area contributed by atoms with Crippen LogP contribution in [-0.2, 0) is 5.66 Å². The predicted molar refractivity (Wildman–Crippen MR) is 92.4 cm³/mol. The van der Waals surface area contributed by atoms with Crippen LogP contribution in [0.25, 0.3) is 0 Å². The molecule has 0 unspecified atom stereocenters. The van der Waals surface area contributed by atoms with E-state index in [0.29, 0.717) is 22.0 Å². The van der Waals surface area contributed by atoms with Gasteiger partial charge < -0.3 is 22.1 Å². The highest BCUT2D eigenvalue weighted by atomic mass is 35.5. The van der Waals surface area contributed by atoms with Gasteiger partial charge in [0.25, 0.3) is 0 Å². The van der Waals surface area contributed by atoms with Gasteiger partial charge in [-0.25, -0.2) is 0 Å². The molecule has 1 rings (SSSR count). The summed E-state index contributed by atoms with van der Waals surface area (Å²) in [6, 6.07) is 5.19. The average Bonchev–Trinajstić information content (AvgIpc) is 2.40. The van der Waals surface area contributed by atoms with Gasteiger partial charge in [0.15, 0.2) is 11.9 Å². The van der Waals surface area contributed by atoms with Gasteiger partial charge in [-0.05, 0) is 18.9 Å². The van der Waals surface area contributed by atoms with Gasteiger partial charge in [-0.2, -0.15) is 0 Å². The zero-order valence-corrected chi connectivity index (χ0v) is 14.0. The standard InChI is InChI=1S/C14H22Cl2N6/c1-2-3-4-8-14(21-12(17)18,22-13(19)20)9-6-5-7-10(15)11(9)16/h5-7H,2-4,8H2,1H3,(H4,17,18,21)(H4,19,20,22). The Labute approximate surface area is 140 Å². The second-order valence-electron chi connectivity index (χ2n) is 5.04. The minimum atomic E-state index is -1.05. The Morgan fingerprint density at radius 1 is 1.14 bits per heavy atom. The lowest BCUT2D eigenvalue weighted by Crippen LogP contribution is -2.60. The number of nitrogens with two attached hydrogens (primary N) is 2. The molecule has 22 heavy (non-hydrogen) atoms. The van der Waals surface area contributed by atoms with Gasteiger partial charge in [-0.3, -0.25) is 10.8 Å². The molecule has 0 saturated heterocycles. The molecule has 0 aliphatic carbocycles. The summed E-state index contributed by atoms with van der Waals surface area (Å²) in [5.74, 6) is -0.498. The van der Waals surface area contributed by atoms with Crippen molar-refractivity contribution in [2.45, 2.75) is 38.3 Å². The van der Waals surface area contributed by atoms with Crippen molar-refractivity contribution in [2.75, 3.05) is 0 Å². The van der Waals surface area contributed by atoms with Crippen LogP contribution in [0.15, 0.2) is 18.2 Å². The highest BCUT2D eigenvalue weighted by Gasteiger charge is 2.35. The minimum Gasteiger partial charge on any atom is -0.370 e. The van der Waals surface area contributed by atoms with Crippen LogP contribution in [0.4, 0.5) is 0 Å². The summed E-state index contributed by atoms with van der Waals surface area (Å²) in [5.41, 5.74) is 10.6. The van der Waals surface area contributed by atoms with Crippen LogP contribution in [0.3, 0.4) is 0 Å². The van der Waals surface area contributed by atoms with Crippen molar-refractivity contribution < 1.29 is 0 Å². The summed E-state index contributed by atoms with van der Waals surface area (Å²) < 4.78 is 0. The number of halogens is 2. The number of rotatable bonds is 7. The lowest BCUT2D eigenvalue weighted by Gasteiger charge is -2.37. The summed E-state index contributed by atoms with van der Waals surface area (Å²) >= 11 is 12.4. The molecule has 0 bridgehead atoms. The average molecular weight is 345 g/mol. The molecule has 0 aromatic heterocycles. The Bertz CT molecular complexity index is 530. The molecule has 8 heteroatoms. The van der Waals surface area contributed by atoms with E-state index in [2.05, 4.69) is 17.6 Å². The fourth-order valence-corrected chi connectivity index (χ4v) is 2.82. The number of benzene rings is 1. The van der Waals surface area contributed by atoms with E-state index in [4.69, 9.17) is 45.5 Å². The highest BCUT2D eigenvalue weighted by molar-refractivity contribution is 6.42. The minimum absolute atomic E-state index is 0.249. The Balaban J connectivity index is 3.34. The third kappa shape index (κ3) is 4.68. The van der Waals surface area contributed by atoms with Crippen molar-refractivity contribution in [1.29, 1.82) is 10.8 Å². The van der Waals surface area contributed by atoms with Gasteiger partial charge in [0.2, 0.25) is 0 Å². The molecule has 1 aromatic rings.